The van der Waals surface area contributed by atoms with E-state index in [4.69, 9.17) is 32.7 Å². The van der Waals surface area contributed by atoms with E-state index in [1.807, 2.05) is 24.3 Å². The normalized spacial score (nSPS) is 10.6. The van der Waals surface area contributed by atoms with Crippen LogP contribution in [0, 0.1) is 0 Å². The third-order valence-corrected chi connectivity index (χ3v) is 5.12. The predicted octanol–water partition coefficient (Wildman–Crippen LogP) is 6.06. The molecule has 2 heterocycles. The van der Waals surface area contributed by atoms with E-state index in [1.165, 1.54) is 5.56 Å². The fraction of sp³-hybridized carbons (Fsp3) is 0.217. The Morgan fingerprint density at radius 2 is 1.79 bits per heavy atom. The highest BCUT2D eigenvalue weighted by Crippen LogP contribution is 2.32. The van der Waals surface area contributed by atoms with Crippen LogP contribution in [0.4, 0.5) is 0 Å². The molecule has 29 heavy (non-hydrogen) atoms. The summed E-state index contributed by atoms with van der Waals surface area (Å²) >= 11 is 12.5. The van der Waals surface area contributed by atoms with Crippen molar-refractivity contribution in [1.82, 2.24) is 9.97 Å². The van der Waals surface area contributed by atoms with E-state index in [1.54, 1.807) is 25.7 Å². The van der Waals surface area contributed by atoms with Crippen molar-refractivity contribution in [2.75, 3.05) is 13.7 Å². The van der Waals surface area contributed by atoms with Crippen LogP contribution in [0.25, 0.3) is 5.57 Å². The fourth-order valence-corrected chi connectivity index (χ4v) is 3.41. The fourth-order valence-electron chi connectivity index (χ4n) is 2.91. The van der Waals surface area contributed by atoms with Gasteiger partial charge >= 0.3 is 0 Å². The van der Waals surface area contributed by atoms with E-state index in [2.05, 4.69) is 28.7 Å². The topological polar surface area (TPSA) is 44.2 Å². The van der Waals surface area contributed by atoms with Gasteiger partial charge in [0.15, 0.2) is 5.75 Å². The van der Waals surface area contributed by atoms with Crippen molar-refractivity contribution in [3.63, 3.8) is 0 Å². The Morgan fingerprint density at radius 3 is 2.48 bits per heavy atom. The molecule has 0 N–H and O–H groups in total. The van der Waals surface area contributed by atoms with Crippen LogP contribution in [-0.2, 0) is 12.8 Å². The number of halogens is 2. The smallest absolute Gasteiger partial charge is 0.256 e. The van der Waals surface area contributed by atoms with Crippen LogP contribution in [0.15, 0.2) is 61.6 Å². The van der Waals surface area contributed by atoms with Gasteiger partial charge in [-0.3, -0.25) is 4.98 Å². The molecule has 4 nitrogen and oxygen atoms in total. The lowest BCUT2D eigenvalue weighted by atomic mass is 10.0. The summed E-state index contributed by atoms with van der Waals surface area (Å²) in [6.45, 7) is 4.72. The summed E-state index contributed by atoms with van der Waals surface area (Å²) < 4.78 is 11.3. The standard InChI is InChI=1S/C23H22Cl2N2O2/c1-16(11-19-20(24)14-26-15-21(19)25)18-12-22(23(28-2)27-13-18)29-10-6-9-17-7-4-3-5-8-17/h3-5,7-8,12-15H,1,6,9-11H2,2H3. The number of aromatic nitrogens is 2. The Bertz CT molecular complexity index is 958. The molecule has 0 unspecified atom stereocenters. The van der Waals surface area contributed by atoms with Gasteiger partial charge in [-0.05, 0) is 41.2 Å². The molecule has 0 saturated heterocycles. The van der Waals surface area contributed by atoms with E-state index in [9.17, 15) is 0 Å². The van der Waals surface area contributed by atoms with Crippen molar-refractivity contribution in [3.05, 3.63) is 88.3 Å². The molecule has 0 amide bonds. The Balaban J connectivity index is 1.67. The molecule has 3 aromatic rings. The molecule has 150 valence electrons. The highest BCUT2D eigenvalue weighted by Gasteiger charge is 2.13. The number of ether oxygens (including phenoxy) is 2. The zero-order chi connectivity index (χ0) is 20.6. The quantitative estimate of drug-likeness (QED) is 0.388. The number of nitrogens with zero attached hydrogens (tertiary/aromatic N) is 2. The van der Waals surface area contributed by atoms with Crippen molar-refractivity contribution in [3.8, 4) is 11.6 Å². The van der Waals surface area contributed by atoms with E-state index in [0.29, 0.717) is 34.7 Å². The first kappa shape index (κ1) is 21.2. The van der Waals surface area contributed by atoms with E-state index >= 15 is 0 Å². The molecule has 6 heteroatoms. The summed E-state index contributed by atoms with van der Waals surface area (Å²) in [5.74, 6) is 1.03. The number of rotatable bonds is 9. The van der Waals surface area contributed by atoms with Crippen LogP contribution >= 0.6 is 23.2 Å². The molecule has 0 radical (unpaired) electrons. The third kappa shape index (κ3) is 5.72. The van der Waals surface area contributed by atoms with Gasteiger partial charge in [-0.2, -0.15) is 0 Å². The van der Waals surface area contributed by atoms with E-state index < -0.39 is 0 Å². The predicted molar refractivity (Wildman–Crippen MR) is 118 cm³/mol. The number of benzene rings is 1. The van der Waals surface area contributed by atoms with Crippen molar-refractivity contribution >= 4 is 28.8 Å². The van der Waals surface area contributed by atoms with E-state index in [0.717, 1.165) is 29.5 Å². The van der Waals surface area contributed by atoms with Gasteiger partial charge in [-0.1, -0.05) is 60.1 Å². The van der Waals surface area contributed by atoms with Gasteiger partial charge in [0, 0.05) is 25.0 Å². The molecular weight excluding hydrogens is 407 g/mol. The number of methoxy groups -OCH3 is 1. The lowest BCUT2D eigenvalue weighted by molar-refractivity contribution is 0.284. The molecular formula is C23H22Cl2N2O2. The van der Waals surface area contributed by atoms with Crippen LogP contribution in [0.1, 0.15) is 23.1 Å². The molecule has 0 saturated carbocycles. The molecule has 0 aliphatic carbocycles. The highest BCUT2D eigenvalue weighted by molar-refractivity contribution is 6.35. The van der Waals surface area contributed by atoms with Gasteiger partial charge in [-0.15, -0.1) is 0 Å². The summed E-state index contributed by atoms with van der Waals surface area (Å²) in [4.78, 5) is 8.34. The first-order chi connectivity index (χ1) is 14.1. The maximum absolute atomic E-state index is 6.23. The summed E-state index contributed by atoms with van der Waals surface area (Å²) in [6.07, 6.45) is 7.18. The third-order valence-electron chi connectivity index (χ3n) is 4.47. The van der Waals surface area contributed by atoms with Crippen LogP contribution in [-0.4, -0.2) is 23.7 Å². The number of allylic oxidation sites excluding steroid dienone is 1. The zero-order valence-electron chi connectivity index (χ0n) is 16.2. The number of pyridine rings is 2. The van der Waals surface area contributed by atoms with Gasteiger partial charge in [0.25, 0.3) is 5.88 Å². The maximum atomic E-state index is 6.23. The van der Waals surface area contributed by atoms with Crippen molar-refractivity contribution in [2.45, 2.75) is 19.3 Å². The minimum Gasteiger partial charge on any atom is -0.488 e. The van der Waals surface area contributed by atoms with Crippen LogP contribution in [0.5, 0.6) is 11.6 Å². The monoisotopic (exact) mass is 428 g/mol. The van der Waals surface area contributed by atoms with Gasteiger partial charge in [0.05, 0.1) is 23.8 Å². The van der Waals surface area contributed by atoms with Gasteiger partial charge in [-0.25, -0.2) is 4.98 Å². The van der Waals surface area contributed by atoms with Crippen molar-refractivity contribution in [2.24, 2.45) is 0 Å². The minimum absolute atomic E-state index is 0.446. The highest BCUT2D eigenvalue weighted by atomic mass is 35.5. The van der Waals surface area contributed by atoms with Gasteiger partial charge in [0.1, 0.15) is 0 Å². The molecule has 0 aliphatic rings. The summed E-state index contributed by atoms with van der Waals surface area (Å²) in [5, 5.41) is 1.02. The SMILES string of the molecule is C=C(Cc1c(Cl)cncc1Cl)c1cnc(OC)c(OCCCc2ccccc2)c1. The first-order valence-corrected chi connectivity index (χ1v) is 10.0. The summed E-state index contributed by atoms with van der Waals surface area (Å²) in [5.41, 5.74) is 3.74. The van der Waals surface area contributed by atoms with Crippen molar-refractivity contribution in [1.29, 1.82) is 0 Å². The zero-order valence-corrected chi connectivity index (χ0v) is 17.7. The van der Waals surface area contributed by atoms with Crippen LogP contribution < -0.4 is 9.47 Å². The summed E-state index contributed by atoms with van der Waals surface area (Å²) in [6, 6.07) is 12.2. The lowest BCUT2D eigenvalue weighted by Crippen LogP contribution is -2.03. The molecule has 0 bridgehead atoms. The number of hydrogen-bond acceptors (Lipinski definition) is 4. The number of hydrogen-bond donors (Lipinski definition) is 0. The summed E-state index contributed by atoms with van der Waals surface area (Å²) in [7, 11) is 1.57. The van der Waals surface area contributed by atoms with Gasteiger partial charge < -0.3 is 9.47 Å². The number of aryl methyl sites for hydroxylation is 1. The second-order valence-corrected chi connectivity index (χ2v) is 7.35. The second-order valence-electron chi connectivity index (χ2n) is 6.53. The molecule has 1 aromatic carbocycles. The molecule has 0 aliphatic heterocycles. The largest absolute Gasteiger partial charge is 0.488 e. The molecule has 0 spiro atoms. The van der Waals surface area contributed by atoms with Crippen LogP contribution in [0.3, 0.4) is 0 Å². The average Bonchev–Trinajstić information content (AvgIpc) is 2.74. The second kappa shape index (κ2) is 10.3. The molecule has 0 atom stereocenters. The minimum atomic E-state index is 0.446. The van der Waals surface area contributed by atoms with Gasteiger partial charge in [0.2, 0.25) is 0 Å². The Labute approximate surface area is 181 Å². The molecule has 3 rings (SSSR count). The molecule has 2 aromatic heterocycles. The Morgan fingerprint density at radius 1 is 1.07 bits per heavy atom. The molecule has 0 fully saturated rings. The van der Waals surface area contributed by atoms with Crippen molar-refractivity contribution < 1.29 is 9.47 Å². The Hall–Kier alpha value is -2.56. The average molecular weight is 429 g/mol. The van der Waals surface area contributed by atoms with E-state index in [-0.39, 0.29) is 0 Å². The maximum Gasteiger partial charge on any atom is 0.256 e. The Kier molecular flexibility index (Phi) is 7.50. The first-order valence-electron chi connectivity index (χ1n) is 9.25. The van der Waals surface area contributed by atoms with Crippen LogP contribution in [0.2, 0.25) is 10.0 Å². The lowest BCUT2D eigenvalue weighted by Gasteiger charge is -2.13.